The highest BCUT2D eigenvalue weighted by Gasteiger charge is 2.46. The average Bonchev–Trinajstić information content (AvgIpc) is 2.46. The second kappa shape index (κ2) is 4.39. The van der Waals surface area contributed by atoms with Gasteiger partial charge in [-0.3, -0.25) is 4.79 Å². The van der Waals surface area contributed by atoms with Crippen molar-refractivity contribution in [3.8, 4) is 0 Å². The summed E-state index contributed by atoms with van der Waals surface area (Å²) in [5.41, 5.74) is 8.96. The number of nitrogens with two attached hydrogens (primary N) is 1. The molecule has 3 heteroatoms. The van der Waals surface area contributed by atoms with Gasteiger partial charge in [-0.1, -0.05) is 6.07 Å². The number of nitrogens with zero attached hydrogens (tertiary/aromatic N) is 1. The third-order valence-electron chi connectivity index (χ3n) is 3.99. The SMILES string of the molecule is Cc1cc(C)cc(N2C(=O)CC(CN)C2(C)C)c1. The molecule has 1 fully saturated rings. The fourth-order valence-corrected chi connectivity index (χ4v) is 2.98. The molecule has 18 heavy (non-hydrogen) atoms. The highest BCUT2D eigenvalue weighted by molar-refractivity contribution is 5.97. The lowest BCUT2D eigenvalue weighted by atomic mass is 9.88. The Balaban J connectivity index is 2.46. The first-order chi connectivity index (χ1) is 8.36. The van der Waals surface area contributed by atoms with Crippen LogP contribution in [0.15, 0.2) is 18.2 Å². The van der Waals surface area contributed by atoms with E-state index in [4.69, 9.17) is 5.73 Å². The largest absolute Gasteiger partial charge is 0.330 e. The van der Waals surface area contributed by atoms with Crippen LogP contribution >= 0.6 is 0 Å². The van der Waals surface area contributed by atoms with Crippen LogP contribution in [0.2, 0.25) is 0 Å². The molecule has 98 valence electrons. The van der Waals surface area contributed by atoms with E-state index in [-0.39, 0.29) is 17.4 Å². The molecular weight excluding hydrogens is 224 g/mol. The summed E-state index contributed by atoms with van der Waals surface area (Å²) in [5.74, 6) is 0.409. The molecule has 0 spiro atoms. The lowest BCUT2D eigenvalue weighted by molar-refractivity contribution is -0.117. The van der Waals surface area contributed by atoms with Crippen LogP contribution in [0.4, 0.5) is 5.69 Å². The predicted molar refractivity (Wildman–Crippen MR) is 74.6 cm³/mol. The third kappa shape index (κ3) is 2.03. The average molecular weight is 246 g/mol. The maximum Gasteiger partial charge on any atom is 0.227 e. The van der Waals surface area contributed by atoms with E-state index < -0.39 is 0 Å². The Hall–Kier alpha value is -1.35. The number of anilines is 1. The van der Waals surface area contributed by atoms with Crippen molar-refractivity contribution < 1.29 is 4.79 Å². The molecule has 1 aliphatic heterocycles. The number of carbonyl (C=O) groups excluding carboxylic acids is 1. The normalized spacial score (nSPS) is 22.6. The molecule has 2 N–H and O–H groups in total. The molecule has 2 rings (SSSR count). The van der Waals surface area contributed by atoms with Crippen molar-refractivity contribution in [3.63, 3.8) is 0 Å². The first-order valence-electron chi connectivity index (χ1n) is 6.47. The highest BCUT2D eigenvalue weighted by atomic mass is 16.2. The zero-order chi connectivity index (χ0) is 13.5. The summed E-state index contributed by atoms with van der Waals surface area (Å²) in [4.78, 5) is 14.2. The molecular formula is C15H22N2O. The molecule has 0 radical (unpaired) electrons. The van der Waals surface area contributed by atoms with Gasteiger partial charge in [-0.15, -0.1) is 0 Å². The zero-order valence-electron chi connectivity index (χ0n) is 11.7. The lowest BCUT2D eigenvalue weighted by Gasteiger charge is -2.36. The van der Waals surface area contributed by atoms with Crippen molar-refractivity contribution in [2.45, 2.75) is 39.7 Å². The molecule has 1 aromatic rings. The van der Waals surface area contributed by atoms with Crippen molar-refractivity contribution in [1.82, 2.24) is 0 Å². The molecule has 0 bridgehead atoms. The summed E-state index contributed by atoms with van der Waals surface area (Å²) < 4.78 is 0. The summed E-state index contributed by atoms with van der Waals surface area (Å²) in [6, 6.07) is 6.27. The molecule has 1 aliphatic rings. The summed E-state index contributed by atoms with van der Waals surface area (Å²) in [6.45, 7) is 8.88. The third-order valence-corrected chi connectivity index (χ3v) is 3.99. The lowest BCUT2D eigenvalue weighted by Crippen LogP contribution is -2.46. The van der Waals surface area contributed by atoms with E-state index in [1.165, 1.54) is 11.1 Å². The van der Waals surface area contributed by atoms with Crippen LogP contribution in [0.25, 0.3) is 0 Å². The quantitative estimate of drug-likeness (QED) is 0.871. The van der Waals surface area contributed by atoms with Crippen molar-refractivity contribution >= 4 is 11.6 Å². The van der Waals surface area contributed by atoms with Gasteiger partial charge < -0.3 is 10.6 Å². The summed E-state index contributed by atoms with van der Waals surface area (Å²) in [6.07, 6.45) is 0.552. The van der Waals surface area contributed by atoms with Crippen LogP contribution in [0.1, 0.15) is 31.4 Å². The van der Waals surface area contributed by atoms with Crippen LogP contribution < -0.4 is 10.6 Å². The number of amides is 1. The fourth-order valence-electron chi connectivity index (χ4n) is 2.98. The Labute approximate surface area is 109 Å². The molecule has 1 unspecified atom stereocenters. The molecule has 0 aliphatic carbocycles. The van der Waals surface area contributed by atoms with E-state index in [1.807, 2.05) is 4.90 Å². The van der Waals surface area contributed by atoms with Gasteiger partial charge in [0.05, 0.1) is 0 Å². The first-order valence-corrected chi connectivity index (χ1v) is 6.47. The van der Waals surface area contributed by atoms with Crippen molar-refractivity contribution in [3.05, 3.63) is 29.3 Å². The Morgan fingerprint density at radius 3 is 2.28 bits per heavy atom. The van der Waals surface area contributed by atoms with Crippen LogP contribution in [-0.4, -0.2) is 18.0 Å². The van der Waals surface area contributed by atoms with Crippen LogP contribution in [0.5, 0.6) is 0 Å². The van der Waals surface area contributed by atoms with Gasteiger partial charge >= 0.3 is 0 Å². The van der Waals surface area contributed by atoms with Crippen molar-refractivity contribution in [2.24, 2.45) is 11.7 Å². The Bertz CT molecular complexity index is 459. The van der Waals surface area contributed by atoms with Gasteiger partial charge in [-0.25, -0.2) is 0 Å². The summed E-state index contributed by atoms with van der Waals surface area (Å²) >= 11 is 0. The Morgan fingerprint density at radius 1 is 1.28 bits per heavy atom. The molecule has 0 aromatic heterocycles. The van der Waals surface area contributed by atoms with E-state index in [0.717, 1.165) is 5.69 Å². The van der Waals surface area contributed by atoms with Crippen LogP contribution in [0, 0.1) is 19.8 Å². The van der Waals surface area contributed by atoms with E-state index in [0.29, 0.717) is 13.0 Å². The number of benzene rings is 1. The number of rotatable bonds is 2. The van der Waals surface area contributed by atoms with E-state index >= 15 is 0 Å². The number of hydrogen-bond acceptors (Lipinski definition) is 2. The van der Waals surface area contributed by atoms with Gasteiger partial charge in [0.25, 0.3) is 0 Å². The smallest absolute Gasteiger partial charge is 0.227 e. The Kier molecular flexibility index (Phi) is 3.20. The Morgan fingerprint density at radius 2 is 1.83 bits per heavy atom. The predicted octanol–water partition coefficient (Wildman–Crippen LogP) is 2.39. The second-order valence-corrected chi connectivity index (χ2v) is 5.87. The molecule has 1 amide bonds. The molecule has 1 aromatic carbocycles. The molecule has 1 saturated heterocycles. The van der Waals surface area contributed by atoms with Crippen LogP contribution in [0.3, 0.4) is 0 Å². The number of aryl methyl sites for hydroxylation is 2. The molecule has 0 saturated carbocycles. The zero-order valence-corrected chi connectivity index (χ0v) is 11.7. The summed E-state index contributed by atoms with van der Waals surface area (Å²) in [7, 11) is 0. The minimum absolute atomic E-state index is 0.181. The van der Waals surface area contributed by atoms with E-state index in [2.05, 4.69) is 45.9 Å². The van der Waals surface area contributed by atoms with Gasteiger partial charge in [-0.05, 0) is 57.5 Å². The van der Waals surface area contributed by atoms with Gasteiger partial charge in [0.1, 0.15) is 0 Å². The minimum Gasteiger partial charge on any atom is -0.330 e. The van der Waals surface area contributed by atoms with Gasteiger partial charge in [-0.2, -0.15) is 0 Å². The van der Waals surface area contributed by atoms with Crippen molar-refractivity contribution in [1.29, 1.82) is 0 Å². The first kappa shape index (κ1) is 13.1. The maximum absolute atomic E-state index is 12.3. The van der Waals surface area contributed by atoms with Gasteiger partial charge in [0.2, 0.25) is 5.91 Å². The molecule has 1 atom stereocenters. The van der Waals surface area contributed by atoms with E-state index in [1.54, 1.807) is 0 Å². The van der Waals surface area contributed by atoms with Gasteiger partial charge in [0.15, 0.2) is 0 Å². The maximum atomic E-state index is 12.3. The highest BCUT2D eigenvalue weighted by Crippen LogP contribution is 2.39. The van der Waals surface area contributed by atoms with E-state index in [9.17, 15) is 4.79 Å². The minimum atomic E-state index is -0.202. The van der Waals surface area contributed by atoms with Crippen molar-refractivity contribution in [2.75, 3.05) is 11.4 Å². The molecule has 1 heterocycles. The van der Waals surface area contributed by atoms with Gasteiger partial charge in [0, 0.05) is 23.6 Å². The standard InChI is InChI=1S/C15H22N2O/c1-10-5-11(2)7-13(6-10)17-14(18)8-12(9-16)15(17,3)4/h5-7,12H,8-9,16H2,1-4H3. The number of carbonyl (C=O) groups is 1. The monoisotopic (exact) mass is 246 g/mol. The fraction of sp³-hybridized carbons (Fsp3) is 0.533. The van der Waals surface area contributed by atoms with Crippen LogP contribution in [-0.2, 0) is 4.79 Å². The topological polar surface area (TPSA) is 46.3 Å². The molecule has 3 nitrogen and oxygen atoms in total. The second-order valence-electron chi connectivity index (χ2n) is 5.87. The summed E-state index contributed by atoms with van der Waals surface area (Å²) in [5, 5.41) is 0. The number of hydrogen-bond donors (Lipinski definition) is 1.